The number of benzene rings is 2. The summed E-state index contributed by atoms with van der Waals surface area (Å²) < 4.78 is 15.3. The van der Waals surface area contributed by atoms with Crippen LogP contribution in [0, 0.1) is 0 Å². The first kappa shape index (κ1) is 21.0. The smallest absolute Gasteiger partial charge is 0.274 e. The van der Waals surface area contributed by atoms with Crippen LogP contribution in [0.25, 0.3) is 0 Å². The molecule has 2 heterocycles. The maximum absolute atomic E-state index is 12.7. The van der Waals surface area contributed by atoms with E-state index >= 15 is 0 Å². The number of carbonyl (C=O) groups excluding carboxylic acids is 1. The van der Waals surface area contributed by atoms with Crippen molar-refractivity contribution >= 4 is 39.1 Å². The Bertz CT molecular complexity index is 1160. The van der Waals surface area contributed by atoms with E-state index in [1.165, 1.54) is 10.9 Å². The van der Waals surface area contributed by atoms with Gasteiger partial charge in [-0.05, 0) is 54.6 Å². The molecule has 2 aromatic carbocycles. The Labute approximate surface area is 191 Å². The third-order valence-corrected chi connectivity index (χ3v) is 4.97. The van der Waals surface area contributed by atoms with Crippen molar-refractivity contribution in [3.8, 4) is 11.5 Å². The largest absolute Gasteiger partial charge is 0.471 e. The van der Waals surface area contributed by atoms with Crippen molar-refractivity contribution in [2.45, 2.75) is 13.5 Å². The molecule has 0 spiro atoms. The molecule has 158 valence electrons. The number of anilines is 1. The van der Waals surface area contributed by atoms with Gasteiger partial charge in [0.2, 0.25) is 0 Å². The van der Waals surface area contributed by atoms with E-state index in [2.05, 4.69) is 31.4 Å². The highest BCUT2D eigenvalue weighted by molar-refractivity contribution is 9.10. The quantitative estimate of drug-likeness (QED) is 0.373. The van der Waals surface area contributed by atoms with E-state index in [0.29, 0.717) is 27.9 Å². The van der Waals surface area contributed by atoms with Gasteiger partial charge in [0.1, 0.15) is 17.2 Å². The summed E-state index contributed by atoms with van der Waals surface area (Å²) in [4.78, 5) is 12.7. The van der Waals surface area contributed by atoms with Crippen LogP contribution < -0.4 is 14.8 Å². The van der Waals surface area contributed by atoms with Gasteiger partial charge in [0.25, 0.3) is 5.91 Å². The van der Waals surface area contributed by atoms with Gasteiger partial charge < -0.3 is 14.8 Å². The average molecular weight is 503 g/mol. The van der Waals surface area contributed by atoms with Crippen molar-refractivity contribution in [1.82, 2.24) is 19.6 Å². The molecule has 0 aliphatic rings. The van der Waals surface area contributed by atoms with Crippen molar-refractivity contribution < 1.29 is 14.3 Å². The third kappa shape index (κ3) is 5.65. The molecule has 0 unspecified atom stereocenters. The van der Waals surface area contributed by atoms with Gasteiger partial charge in [-0.1, -0.05) is 27.5 Å². The molecule has 10 heteroatoms. The number of nitrogens with one attached hydrogen (secondary N) is 1. The Morgan fingerprint density at radius 1 is 0.968 bits per heavy atom. The van der Waals surface area contributed by atoms with Crippen LogP contribution in [0.1, 0.15) is 10.5 Å². The molecule has 31 heavy (non-hydrogen) atoms. The summed E-state index contributed by atoms with van der Waals surface area (Å²) in [5, 5.41) is 11.8. The fraction of sp³-hybridized carbons (Fsp3) is 0.0952. The van der Waals surface area contributed by atoms with E-state index in [-0.39, 0.29) is 19.4 Å². The van der Waals surface area contributed by atoms with Crippen molar-refractivity contribution in [2.24, 2.45) is 0 Å². The van der Waals surface area contributed by atoms with Gasteiger partial charge >= 0.3 is 0 Å². The maximum atomic E-state index is 12.7. The van der Waals surface area contributed by atoms with Crippen LogP contribution in [0.2, 0.25) is 5.02 Å². The van der Waals surface area contributed by atoms with Gasteiger partial charge in [0.15, 0.2) is 13.5 Å². The number of hydrogen-bond acceptors (Lipinski definition) is 5. The number of nitrogens with zero attached hydrogens (tertiary/aromatic N) is 4. The Balaban J connectivity index is 1.33. The molecular formula is C21H17BrClN5O3. The molecular weight excluding hydrogens is 486 g/mol. The molecule has 4 rings (SSSR count). The zero-order chi connectivity index (χ0) is 21.6. The highest BCUT2D eigenvalue weighted by Crippen LogP contribution is 2.18. The minimum atomic E-state index is -0.328. The third-order valence-electron chi connectivity index (χ3n) is 4.18. The molecule has 0 aliphatic heterocycles. The fourth-order valence-electron chi connectivity index (χ4n) is 2.66. The number of amides is 1. The van der Waals surface area contributed by atoms with E-state index in [1.54, 1.807) is 47.4 Å². The highest BCUT2D eigenvalue weighted by Gasteiger charge is 2.14. The van der Waals surface area contributed by atoms with Crippen LogP contribution in [-0.4, -0.2) is 25.5 Å². The van der Waals surface area contributed by atoms with E-state index in [9.17, 15) is 4.79 Å². The van der Waals surface area contributed by atoms with Crippen molar-refractivity contribution in [3.05, 3.63) is 88.4 Å². The number of halogens is 2. The first-order valence-electron chi connectivity index (χ1n) is 9.19. The Morgan fingerprint density at radius 2 is 1.65 bits per heavy atom. The lowest BCUT2D eigenvalue weighted by Gasteiger charge is -2.09. The Morgan fingerprint density at radius 3 is 2.39 bits per heavy atom. The standard InChI is InChI=1S/C21H17BrClN5O3/c22-15-1-5-18(6-2-15)30-13-27-12-17(11-25-27)26-21(29)20-9-10-24-28(20)14-31-19-7-3-16(23)4-8-19/h1-12H,13-14H2,(H,26,29). The van der Waals surface area contributed by atoms with Gasteiger partial charge in [0, 0.05) is 15.7 Å². The van der Waals surface area contributed by atoms with Crippen molar-refractivity contribution in [1.29, 1.82) is 0 Å². The summed E-state index contributed by atoms with van der Waals surface area (Å²) in [6, 6.07) is 16.0. The molecule has 8 nitrogen and oxygen atoms in total. The lowest BCUT2D eigenvalue weighted by Crippen LogP contribution is -2.19. The molecule has 0 saturated carbocycles. The Hall–Kier alpha value is -3.30. The second-order valence-corrected chi connectivity index (χ2v) is 7.75. The molecule has 0 saturated heterocycles. The van der Waals surface area contributed by atoms with E-state index in [4.69, 9.17) is 21.1 Å². The number of ether oxygens (including phenoxy) is 2. The first-order chi connectivity index (χ1) is 15.1. The zero-order valence-electron chi connectivity index (χ0n) is 16.1. The molecule has 0 atom stereocenters. The monoisotopic (exact) mass is 501 g/mol. The number of rotatable bonds is 8. The van der Waals surface area contributed by atoms with Crippen LogP contribution in [0.4, 0.5) is 5.69 Å². The zero-order valence-corrected chi connectivity index (χ0v) is 18.5. The second-order valence-electron chi connectivity index (χ2n) is 6.39. The second kappa shape index (κ2) is 9.67. The van der Waals surface area contributed by atoms with Crippen LogP contribution in [-0.2, 0) is 13.5 Å². The lowest BCUT2D eigenvalue weighted by atomic mass is 10.3. The molecule has 0 radical (unpaired) electrons. The van der Waals surface area contributed by atoms with Crippen molar-refractivity contribution in [3.63, 3.8) is 0 Å². The maximum Gasteiger partial charge on any atom is 0.274 e. The highest BCUT2D eigenvalue weighted by atomic mass is 79.9. The number of aromatic nitrogens is 4. The summed E-state index contributed by atoms with van der Waals surface area (Å²) in [5.74, 6) is 1.01. The SMILES string of the molecule is O=C(Nc1cnn(COc2ccc(Br)cc2)c1)c1ccnn1COc1ccc(Cl)cc1. The molecule has 4 aromatic rings. The van der Waals surface area contributed by atoms with E-state index < -0.39 is 0 Å². The molecule has 2 aromatic heterocycles. The predicted molar refractivity (Wildman–Crippen MR) is 119 cm³/mol. The lowest BCUT2D eigenvalue weighted by molar-refractivity contribution is 0.100. The number of carbonyl (C=O) groups is 1. The van der Waals surface area contributed by atoms with Gasteiger partial charge in [-0.3, -0.25) is 4.79 Å². The normalized spacial score (nSPS) is 10.6. The first-order valence-corrected chi connectivity index (χ1v) is 10.4. The topological polar surface area (TPSA) is 83.2 Å². The molecule has 0 fully saturated rings. The van der Waals surface area contributed by atoms with E-state index in [1.807, 2.05) is 24.3 Å². The molecule has 0 bridgehead atoms. The van der Waals surface area contributed by atoms with Gasteiger partial charge in [0.05, 0.1) is 18.1 Å². The Kier molecular flexibility index (Phi) is 6.54. The summed E-state index contributed by atoms with van der Waals surface area (Å²) in [5.41, 5.74) is 0.892. The van der Waals surface area contributed by atoms with Crippen LogP contribution in [0.15, 0.2) is 77.7 Å². The van der Waals surface area contributed by atoms with Gasteiger partial charge in [-0.2, -0.15) is 10.2 Å². The van der Waals surface area contributed by atoms with Crippen LogP contribution >= 0.6 is 27.5 Å². The van der Waals surface area contributed by atoms with Gasteiger partial charge in [-0.15, -0.1) is 0 Å². The summed E-state index contributed by atoms with van der Waals surface area (Å²) in [6.07, 6.45) is 4.77. The van der Waals surface area contributed by atoms with Crippen LogP contribution in [0.3, 0.4) is 0 Å². The van der Waals surface area contributed by atoms with Crippen molar-refractivity contribution in [2.75, 3.05) is 5.32 Å². The summed E-state index contributed by atoms with van der Waals surface area (Å²) >= 11 is 9.25. The molecule has 0 aliphatic carbocycles. The van der Waals surface area contributed by atoms with Gasteiger partial charge in [-0.25, -0.2) is 9.36 Å². The fourth-order valence-corrected chi connectivity index (χ4v) is 3.05. The molecule has 1 N–H and O–H groups in total. The van der Waals surface area contributed by atoms with E-state index in [0.717, 1.165) is 4.47 Å². The molecule has 1 amide bonds. The minimum absolute atomic E-state index is 0.0810. The van der Waals surface area contributed by atoms with Crippen LogP contribution in [0.5, 0.6) is 11.5 Å². The summed E-state index contributed by atoms with van der Waals surface area (Å²) in [6.45, 7) is 0.294. The summed E-state index contributed by atoms with van der Waals surface area (Å²) in [7, 11) is 0. The predicted octanol–water partition coefficient (Wildman–Crippen LogP) is 4.82. The average Bonchev–Trinajstić information content (AvgIpc) is 3.42. The number of hydrogen-bond donors (Lipinski definition) is 1. The minimum Gasteiger partial charge on any atom is -0.471 e.